The molecule has 1 aliphatic heterocycles. The van der Waals surface area contributed by atoms with Crippen LogP contribution in [0.4, 0.5) is 0 Å². The Hall–Kier alpha value is -2.49. The minimum absolute atomic E-state index is 0.254. The van der Waals surface area contributed by atoms with Crippen molar-refractivity contribution in [3.63, 3.8) is 0 Å². The van der Waals surface area contributed by atoms with Gasteiger partial charge in [0, 0.05) is 63.1 Å². The zero-order valence-corrected chi connectivity index (χ0v) is 17.3. The number of aromatic amines is 1. The Bertz CT molecular complexity index is 1210. The monoisotopic (exact) mass is 416 g/mol. The molecule has 0 amide bonds. The van der Waals surface area contributed by atoms with Gasteiger partial charge in [-0.05, 0) is 11.6 Å². The number of hydrogen-bond donors (Lipinski definition) is 1. The molecule has 0 unspecified atom stereocenters. The Labute approximate surface area is 169 Å². The van der Waals surface area contributed by atoms with E-state index in [1.54, 1.807) is 7.11 Å². The third-order valence-corrected chi connectivity index (χ3v) is 6.17. The summed E-state index contributed by atoms with van der Waals surface area (Å²) in [5, 5.41) is 0.935. The smallest absolute Gasteiger partial charge is 0.256 e. The topological polar surface area (TPSA) is 97.3 Å². The first-order valence-electron chi connectivity index (χ1n) is 9.47. The van der Waals surface area contributed by atoms with Gasteiger partial charge in [-0.3, -0.25) is 14.7 Å². The first-order valence-corrected chi connectivity index (χ1v) is 11.4. The van der Waals surface area contributed by atoms with E-state index >= 15 is 0 Å². The molecular weight excluding hydrogens is 392 g/mol. The number of aromatic nitrogens is 3. The fraction of sp³-hybridized carbons (Fsp3) is 0.400. The lowest BCUT2D eigenvalue weighted by Gasteiger charge is -2.27. The van der Waals surface area contributed by atoms with Gasteiger partial charge in [-0.25, -0.2) is 13.4 Å². The van der Waals surface area contributed by atoms with Gasteiger partial charge >= 0.3 is 0 Å². The number of H-pyrrole nitrogens is 1. The second-order valence-electron chi connectivity index (χ2n) is 7.39. The van der Waals surface area contributed by atoms with E-state index in [9.17, 15) is 13.2 Å². The average Bonchev–Trinajstić information content (AvgIpc) is 3.03. The Morgan fingerprint density at radius 2 is 2.07 bits per heavy atom. The van der Waals surface area contributed by atoms with Gasteiger partial charge < -0.3 is 9.30 Å². The third-order valence-electron chi connectivity index (χ3n) is 5.28. The lowest BCUT2D eigenvalue weighted by molar-refractivity contribution is 0.188. The van der Waals surface area contributed by atoms with Crippen molar-refractivity contribution in [3.05, 3.63) is 57.6 Å². The molecule has 154 valence electrons. The molecule has 0 atom stereocenters. The van der Waals surface area contributed by atoms with Crippen LogP contribution in [-0.2, 0) is 40.6 Å². The number of sulfone groups is 1. The molecule has 0 bridgehead atoms. The van der Waals surface area contributed by atoms with E-state index in [1.807, 2.05) is 12.1 Å². The van der Waals surface area contributed by atoms with Crippen LogP contribution < -0.4 is 5.56 Å². The molecule has 8 nitrogen and oxygen atoms in total. The zero-order valence-electron chi connectivity index (χ0n) is 16.5. The molecule has 4 rings (SSSR count). The molecule has 9 heteroatoms. The molecule has 0 aliphatic carbocycles. The largest absolute Gasteiger partial charge is 0.383 e. The van der Waals surface area contributed by atoms with Crippen LogP contribution >= 0.6 is 0 Å². The van der Waals surface area contributed by atoms with Crippen LogP contribution in [0.15, 0.2) is 40.4 Å². The predicted octanol–water partition coefficient (Wildman–Crippen LogP) is 1.33. The van der Waals surface area contributed by atoms with Crippen molar-refractivity contribution in [3.8, 4) is 0 Å². The number of para-hydroxylation sites is 1. The molecule has 0 spiro atoms. The van der Waals surface area contributed by atoms with Gasteiger partial charge in [-0.15, -0.1) is 0 Å². The summed E-state index contributed by atoms with van der Waals surface area (Å²) in [5.41, 5.74) is 3.11. The van der Waals surface area contributed by atoms with Gasteiger partial charge in [0.1, 0.15) is 0 Å². The summed E-state index contributed by atoms with van der Waals surface area (Å²) in [6.45, 7) is 3.27. The van der Waals surface area contributed by atoms with Crippen LogP contribution in [-0.4, -0.2) is 54.4 Å². The Balaban J connectivity index is 1.61. The summed E-state index contributed by atoms with van der Waals surface area (Å²) in [6, 6.07) is 8.26. The Kier molecular flexibility index (Phi) is 5.28. The molecule has 1 aromatic carbocycles. The number of fused-ring (bicyclic) bond motifs is 2. The summed E-state index contributed by atoms with van der Waals surface area (Å²) in [5.74, 6) is 0. The maximum absolute atomic E-state index is 12.5. The van der Waals surface area contributed by atoms with E-state index in [1.165, 1.54) is 10.9 Å². The van der Waals surface area contributed by atoms with E-state index < -0.39 is 9.84 Å². The zero-order chi connectivity index (χ0) is 20.6. The van der Waals surface area contributed by atoms with Crippen LogP contribution in [0.3, 0.4) is 0 Å². The molecule has 0 saturated carbocycles. The van der Waals surface area contributed by atoms with E-state index in [0.29, 0.717) is 43.9 Å². The number of nitrogens with zero attached hydrogens (tertiary/aromatic N) is 3. The fourth-order valence-electron chi connectivity index (χ4n) is 3.83. The SMILES string of the molecule is COCCn1cc(CN2CCc3nc(S(C)(=O)=O)[nH]c(=O)c3C2)c2ccccc21. The van der Waals surface area contributed by atoms with E-state index in [4.69, 9.17) is 4.74 Å². The number of ether oxygens (including phenoxy) is 1. The first-order chi connectivity index (χ1) is 13.9. The average molecular weight is 417 g/mol. The molecule has 0 saturated heterocycles. The molecule has 3 heterocycles. The number of nitrogens with one attached hydrogen (secondary N) is 1. The number of methoxy groups -OCH3 is 1. The first kappa shape index (κ1) is 19.8. The van der Waals surface area contributed by atoms with Crippen molar-refractivity contribution in [2.45, 2.75) is 31.2 Å². The number of hydrogen-bond acceptors (Lipinski definition) is 6. The van der Waals surface area contributed by atoms with Gasteiger partial charge in [0.15, 0.2) is 0 Å². The Morgan fingerprint density at radius 3 is 2.83 bits per heavy atom. The maximum atomic E-state index is 12.5. The normalized spacial score (nSPS) is 15.0. The summed E-state index contributed by atoms with van der Waals surface area (Å²) in [6.07, 6.45) is 3.74. The molecule has 3 aromatic rings. The molecule has 0 fully saturated rings. The molecule has 2 aromatic heterocycles. The summed E-state index contributed by atoms with van der Waals surface area (Å²) >= 11 is 0. The lowest BCUT2D eigenvalue weighted by Crippen LogP contribution is -2.36. The minimum atomic E-state index is -3.54. The number of rotatable bonds is 6. The van der Waals surface area contributed by atoms with Crippen molar-refractivity contribution >= 4 is 20.7 Å². The van der Waals surface area contributed by atoms with Crippen molar-refractivity contribution in [2.75, 3.05) is 26.5 Å². The standard InChI is InChI=1S/C20H24N4O4S/c1-28-10-9-24-12-14(15-5-3-4-6-18(15)24)11-23-8-7-17-16(13-23)19(25)22-20(21-17)29(2,26)27/h3-6,12H,7-11,13H2,1-2H3,(H,21,22,25). The van der Waals surface area contributed by atoms with E-state index in [0.717, 1.165) is 18.3 Å². The third kappa shape index (κ3) is 3.98. The van der Waals surface area contributed by atoms with Crippen molar-refractivity contribution in [1.82, 2.24) is 19.4 Å². The highest BCUT2D eigenvalue weighted by Gasteiger charge is 2.24. The lowest BCUT2D eigenvalue weighted by atomic mass is 10.1. The second-order valence-corrected chi connectivity index (χ2v) is 9.32. The summed E-state index contributed by atoms with van der Waals surface area (Å²) in [7, 11) is -1.85. The van der Waals surface area contributed by atoms with Gasteiger partial charge in [0.2, 0.25) is 15.0 Å². The van der Waals surface area contributed by atoms with Crippen LogP contribution in [0.25, 0.3) is 10.9 Å². The molecule has 1 N–H and O–H groups in total. The van der Waals surface area contributed by atoms with Crippen LogP contribution in [0.5, 0.6) is 0 Å². The van der Waals surface area contributed by atoms with E-state index in [2.05, 4.69) is 37.8 Å². The fourth-order valence-corrected chi connectivity index (χ4v) is 4.39. The van der Waals surface area contributed by atoms with Gasteiger partial charge in [-0.1, -0.05) is 18.2 Å². The highest BCUT2D eigenvalue weighted by atomic mass is 32.2. The molecular formula is C20H24N4O4S. The predicted molar refractivity (Wildman–Crippen MR) is 110 cm³/mol. The highest BCUT2D eigenvalue weighted by molar-refractivity contribution is 7.90. The van der Waals surface area contributed by atoms with Gasteiger partial charge in [-0.2, -0.15) is 0 Å². The minimum Gasteiger partial charge on any atom is -0.383 e. The second kappa shape index (κ2) is 7.74. The van der Waals surface area contributed by atoms with Crippen molar-refractivity contribution in [1.29, 1.82) is 0 Å². The molecule has 1 aliphatic rings. The van der Waals surface area contributed by atoms with Gasteiger partial charge in [0.25, 0.3) is 5.56 Å². The summed E-state index contributed by atoms with van der Waals surface area (Å²) in [4.78, 5) is 21.3. The maximum Gasteiger partial charge on any atom is 0.256 e. The van der Waals surface area contributed by atoms with E-state index in [-0.39, 0.29) is 10.7 Å². The summed E-state index contributed by atoms with van der Waals surface area (Å²) < 4.78 is 30.9. The Morgan fingerprint density at radius 1 is 1.28 bits per heavy atom. The van der Waals surface area contributed by atoms with Crippen molar-refractivity contribution in [2.24, 2.45) is 0 Å². The van der Waals surface area contributed by atoms with Crippen molar-refractivity contribution < 1.29 is 13.2 Å². The van der Waals surface area contributed by atoms with Crippen LogP contribution in [0, 0.1) is 0 Å². The molecule has 0 radical (unpaired) electrons. The van der Waals surface area contributed by atoms with Crippen LogP contribution in [0.1, 0.15) is 16.8 Å². The number of benzene rings is 1. The molecule has 29 heavy (non-hydrogen) atoms. The quantitative estimate of drug-likeness (QED) is 0.609. The van der Waals surface area contributed by atoms with Crippen LogP contribution in [0.2, 0.25) is 0 Å². The van der Waals surface area contributed by atoms with Gasteiger partial charge in [0.05, 0.1) is 17.9 Å². The highest BCUT2D eigenvalue weighted by Crippen LogP contribution is 2.25.